The zero-order valence-electron chi connectivity index (χ0n) is 12.7. The summed E-state index contributed by atoms with van der Waals surface area (Å²) in [6.45, 7) is 5.35. The first kappa shape index (κ1) is 14.3. The second-order valence-corrected chi connectivity index (χ2v) is 5.04. The number of benzene rings is 2. The van der Waals surface area contributed by atoms with E-state index in [2.05, 4.69) is 4.98 Å². The lowest BCUT2D eigenvalue weighted by Gasteiger charge is -2.18. The average molecular weight is 294 g/mol. The Balaban J connectivity index is 1.98. The van der Waals surface area contributed by atoms with Crippen LogP contribution in [0, 0.1) is 0 Å². The summed E-state index contributed by atoms with van der Waals surface area (Å²) in [5.74, 6) is 0.568. The van der Waals surface area contributed by atoms with Gasteiger partial charge in [-0.05, 0) is 44.2 Å². The van der Waals surface area contributed by atoms with Gasteiger partial charge in [0.1, 0.15) is 5.52 Å². The van der Waals surface area contributed by atoms with Gasteiger partial charge in [-0.3, -0.25) is 4.79 Å². The fourth-order valence-corrected chi connectivity index (χ4v) is 2.47. The summed E-state index contributed by atoms with van der Waals surface area (Å²) in [4.78, 5) is 18.7. The third kappa shape index (κ3) is 2.60. The van der Waals surface area contributed by atoms with E-state index in [0.717, 1.165) is 16.7 Å². The SMILES string of the molecule is CCN(CC)C(=O)c1cccc(-c2nc3ccccc3o2)c1. The van der Waals surface area contributed by atoms with Crippen LogP contribution in [-0.2, 0) is 0 Å². The summed E-state index contributed by atoms with van der Waals surface area (Å²) in [6.07, 6.45) is 0. The van der Waals surface area contributed by atoms with Crippen LogP contribution in [0.1, 0.15) is 24.2 Å². The van der Waals surface area contributed by atoms with E-state index in [1.54, 1.807) is 4.90 Å². The number of amides is 1. The van der Waals surface area contributed by atoms with Crippen molar-refractivity contribution in [2.24, 2.45) is 0 Å². The van der Waals surface area contributed by atoms with Crippen molar-refractivity contribution in [2.75, 3.05) is 13.1 Å². The van der Waals surface area contributed by atoms with E-state index in [0.29, 0.717) is 24.5 Å². The monoisotopic (exact) mass is 294 g/mol. The predicted octanol–water partition coefficient (Wildman–Crippen LogP) is 3.98. The molecule has 0 fully saturated rings. The van der Waals surface area contributed by atoms with E-state index in [4.69, 9.17) is 4.42 Å². The first-order valence-corrected chi connectivity index (χ1v) is 7.48. The Hall–Kier alpha value is -2.62. The number of aromatic nitrogens is 1. The van der Waals surface area contributed by atoms with Gasteiger partial charge in [0.05, 0.1) is 0 Å². The minimum atomic E-state index is 0.0305. The van der Waals surface area contributed by atoms with Crippen LogP contribution >= 0.6 is 0 Å². The molecule has 0 aliphatic rings. The van der Waals surface area contributed by atoms with Crippen molar-refractivity contribution in [3.05, 3.63) is 54.1 Å². The number of fused-ring (bicyclic) bond motifs is 1. The summed E-state index contributed by atoms with van der Waals surface area (Å²) in [6, 6.07) is 15.1. The molecule has 0 radical (unpaired) electrons. The fraction of sp³-hybridized carbons (Fsp3) is 0.222. The highest BCUT2D eigenvalue weighted by molar-refractivity contribution is 5.95. The quantitative estimate of drug-likeness (QED) is 0.731. The van der Waals surface area contributed by atoms with Gasteiger partial charge in [0, 0.05) is 24.2 Å². The lowest BCUT2D eigenvalue weighted by Crippen LogP contribution is -2.30. The van der Waals surface area contributed by atoms with Crippen LogP contribution in [0.3, 0.4) is 0 Å². The Bertz CT molecular complexity index is 770. The molecule has 112 valence electrons. The summed E-state index contributed by atoms with van der Waals surface area (Å²) in [7, 11) is 0. The second kappa shape index (κ2) is 6.02. The molecule has 0 unspecified atom stereocenters. The van der Waals surface area contributed by atoms with Crippen molar-refractivity contribution in [2.45, 2.75) is 13.8 Å². The number of hydrogen-bond donors (Lipinski definition) is 0. The summed E-state index contributed by atoms with van der Waals surface area (Å²) in [5, 5.41) is 0. The molecule has 0 aliphatic heterocycles. The second-order valence-electron chi connectivity index (χ2n) is 5.04. The molecule has 2 aromatic carbocycles. The maximum absolute atomic E-state index is 12.4. The predicted molar refractivity (Wildman–Crippen MR) is 86.7 cm³/mol. The third-order valence-corrected chi connectivity index (χ3v) is 3.70. The third-order valence-electron chi connectivity index (χ3n) is 3.70. The summed E-state index contributed by atoms with van der Waals surface area (Å²) in [5.41, 5.74) is 3.04. The van der Waals surface area contributed by atoms with Crippen molar-refractivity contribution in [1.29, 1.82) is 0 Å². The lowest BCUT2D eigenvalue weighted by atomic mass is 10.1. The maximum Gasteiger partial charge on any atom is 0.253 e. The highest BCUT2D eigenvalue weighted by atomic mass is 16.3. The first-order chi connectivity index (χ1) is 10.7. The fourth-order valence-electron chi connectivity index (χ4n) is 2.47. The molecule has 0 spiro atoms. The van der Waals surface area contributed by atoms with Crippen LogP contribution in [0.25, 0.3) is 22.6 Å². The summed E-state index contributed by atoms with van der Waals surface area (Å²) >= 11 is 0. The zero-order valence-corrected chi connectivity index (χ0v) is 12.7. The highest BCUT2D eigenvalue weighted by Gasteiger charge is 2.14. The Morgan fingerprint density at radius 2 is 1.86 bits per heavy atom. The van der Waals surface area contributed by atoms with Crippen molar-refractivity contribution in [3.8, 4) is 11.5 Å². The number of hydrogen-bond acceptors (Lipinski definition) is 3. The molecule has 0 saturated heterocycles. The lowest BCUT2D eigenvalue weighted by molar-refractivity contribution is 0.0773. The maximum atomic E-state index is 12.4. The molecule has 0 atom stereocenters. The molecule has 3 aromatic rings. The normalized spacial score (nSPS) is 10.8. The molecule has 3 rings (SSSR count). The van der Waals surface area contributed by atoms with Gasteiger partial charge in [-0.2, -0.15) is 0 Å². The molecule has 4 nitrogen and oxygen atoms in total. The molecule has 4 heteroatoms. The van der Waals surface area contributed by atoms with E-state index >= 15 is 0 Å². The van der Waals surface area contributed by atoms with Gasteiger partial charge < -0.3 is 9.32 Å². The van der Waals surface area contributed by atoms with Gasteiger partial charge in [0.15, 0.2) is 5.58 Å². The Morgan fingerprint density at radius 1 is 1.09 bits per heavy atom. The molecular formula is C18H18N2O2. The van der Waals surface area contributed by atoms with Gasteiger partial charge in [-0.25, -0.2) is 4.98 Å². The van der Waals surface area contributed by atoms with E-state index in [9.17, 15) is 4.79 Å². The number of carbonyl (C=O) groups excluding carboxylic acids is 1. The number of para-hydroxylation sites is 2. The molecule has 22 heavy (non-hydrogen) atoms. The van der Waals surface area contributed by atoms with E-state index in [1.807, 2.05) is 62.4 Å². The summed E-state index contributed by atoms with van der Waals surface area (Å²) < 4.78 is 5.77. The van der Waals surface area contributed by atoms with Crippen LogP contribution in [0.15, 0.2) is 52.9 Å². The van der Waals surface area contributed by atoms with Gasteiger partial charge in [-0.1, -0.05) is 18.2 Å². The number of carbonyl (C=O) groups is 1. The van der Waals surface area contributed by atoms with Crippen LogP contribution in [0.5, 0.6) is 0 Å². The molecule has 0 bridgehead atoms. The zero-order chi connectivity index (χ0) is 15.5. The molecular weight excluding hydrogens is 276 g/mol. The van der Waals surface area contributed by atoms with Gasteiger partial charge >= 0.3 is 0 Å². The average Bonchev–Trinajstić information content (AvgIpc) is 3.00. The Labute approximate surface area is 129 Å². The van der Waals surface area contributed by atoms with Crippen molar-refractivity contribution >= 4 is 17.0 Å². The smallest absolute Gasteiger partial charge is 0.253 e. The van der Waals surface area contributed by atoms with Crippen molar-refractivity contribution < 1.29 is 9.21 Å². The molecule has 1 aromatic heterocycles. The number of nitrogens with zero attached hydrogens (tertiary/aromatic N) is 2. The van der Waals surface area contributed by atoms with Crippen molar-refractivity contribution in [3.63, 3.8) is 0 Å². The minimum absolute atomic E-state index is 0.0305. The molecule has 0 N–H and O–H groups in total. The number of rotatable bonds is 4. The van der Waals surface area contributed by atoms with Crippen LogP contribution in [0.4, 0.5) is 0 Å². The van der Waals surface area contributed by atoms with Gasteiger partial charge in [-0.15, -0.1) is 0 Å². The molecule has 1 amide bonds. The molecule has 1 heterocycles. The molecule has 0 saturated carbocycles. The van der Waals surface area contributed by atoms with Crippen LogP contribution < -0.4 is 0 Å². The Morgan fingerprint density at radius 3 is 2.59 bits per heavy atom. The minimum Gasteiger partial charge on any atom is -0.436 e. The Kier molecular flexibility index (Phi) is 3.92. The van der Waals surface area contributed by atoms with E-state index in [1.165, 1.54) is 0 Å². The highest BCUT2D eigenvalue weighted by Crippen LogP contribution is 2.25. The van der Waals surface area contributed by atoms with Gasteiger partial charge in [0.2, 0.25) is 5.89 Å². The largest absolute Gasteiger partial charge is 0.436 e. The standard InChI is InChI=1S/C18H18N2O2/c1-3-20(4-2)18(21)14-9-7-8-13(12-14)17-19-15-10-5-6-11-16(15)22-17/h5-12H,3-4H2,1-2H3. The van der Waals surface area contributed by atoms with Crippen molar-refractivity contribution in [1.82, 2.24) is 9.88 Å². The number of oxazole rings is 1. The topological polar surface area (TPSA) is 46.3 Å². The van der Waals surface area contributed by atoms with Crippen LogP contribution in [-0.4, -0.2) is 28.9 Å². The molecule has 0 aliphatic carbocycles. The van der Waals surface area contributed by atoms with E-state index < -0.39 is 0 Å². The van der Waals surface area contributed by atoms with E-state index in [-0.39, 0.29) is 5.91 Å². The van der Waals surface area contributed by atoms with Crippen LogP contribution in [0.2, 0.25) is 0 Å². The first-order valence-electron chi connectivity index (χ1n) is 7.48. The van der Waals surface area contributed by atoms with Gasteiger partial charge in [0.25, 0.3) is 5.91 Å².